The van der Waals surface area contributed by atoms with Gasteiger partial charge in [-0.1, -0.05) is 257 Å². The first kappa shape index (κ1) is 72.8. The third-order valence-electron chi connectivity index (χ3n) is 13.7. The summed E-state index contributed by atoms with van der Waals surface area (Å²) in [5.41, 5.74) is 0. The molecule has 79 heavy (non-hydrogen) atoms. The molecule has 0 bridgehead atoms. The van der Waals surface area contributed by atoms with Crippen molar-refractivity contribution >= 4 is 11.9 Å². The zero-order chi connectivity index (χ0) is 57.5. The molecule has 0 radical (unpaired) electrons. The lowest BCUT2D eigenvalue weighted by molar-refractivity contribution is -0.305. The predicted octanol–water partition coefficient (Wildman–Crippen LogP) is 14.8. The molecule has 1 fully saturated rings. The van der Waals surface area contributed by atoms with Crippen molar-refractivity contribution in [3.63, 3.8) is 0 Å². The summed E-state index contributed by atoms with van der Waals surface area (Å²) in [6.45, 7) is 5.56. The van der Waals surface area contributed by atoms with Crippen molar-refractivity contribution < 1.29 is 49.3 Å². The summed E-state index contributed by atoms with van der Waals surface area (Å²) in [6.07, 6.45) is 66.2. The van der Waals surface area contributed by atoms with Crippen LogP contribution in [0.3, 0.4) is 0 Å². The van der Waals surface area contributed by atoms with E-state index in [0.29, 0.717) is 12.8 Å². The Morgan fingerprint density at radius 3 is 1.51 bits per heavy atom. The molecular formula is C68H111NO10. The molecule has 1 heterocycles. The monoisotopic (exact) mass is 1100 g/mol. The molecule has 1 rings (SSSR count). The fourth-order valence-electron chi connectivity index (χ4n) is 8.78. The topological polar surface area (TPSA) is 175 Å². The molecule has 6 N–H and O–H groups in total. The molecule has 1 saturated heterocycles. The van der Waals surface area contributed by atoms with Crippen LogP contribution < -0.4 is 5.32 Å². The van der Waals surface area contributed by atoms with Crippen LogP contribution in [0.1, 0.15) is 220 Å². The highest BCUT2D eigenvalue weighted by atomic mass is 16.7. The second-order valence-electron chi connectivity index (χ2n) is 20.9. The number of unbranched alkanes of at least 4 members (excludes halogenated alkanes) is 21. The summed E-state index contributed by atoms with van der Waals surface area (Å²) in [6, 6.07) is -1.05. The van der Waals surface area contributed by atoms with E-state index in [9.17, 15) is 35.1 Å². The smallest absolute Gasteiger partial charge is 0.306 e. The minimum atomic E-state index is -1.64. The maximum absolute atomic E-state index is 13.4. The van der Waals surface area contributed by atoms with Crippen molar-refractivity contribution in [1.82, 2.24) is 5.32 Å². The zero-order valence-corrected chi connectivity index (χ0v) is 49.4. The van der Waals surface area contributed by atoms with Crippen LogP contribution in [0.25, 0.3) is 0 Å². The Bertz CT molecular complexity index is 1790. The quantitative estimate of drug-likeness (QED) is 0.0149. The van der Waals surface area contributed by atoms with Crippen molar-refractivity contribution in [1.29, 1.82) is 0 Å². The number of aliphatic hydroxyl groups excluding tert-OH is 5. The number of esters is 1. The largest absolute Gasteiger partial charge is 0.454 e. The Hall–Kier alpha value is -4.20. The number of aliphatic hydroxyl groups is 5. The van der Waals surface area contributed by atoms with Gasteiger partial charge in [-0.05, 0) is 89.9 Å². The molecular weight excluding hydrogens is 991 g/mol. The molecule has 1 aliphatic rings. The van der Waals surface area contributed by atoms with Gasteiger partial charge in [-0.25, -0.2) is 0 Å². The van der Waals surface area contributed by atoms with Crippen LogP contribution >= 0.6 is 0 Å². The first-order valence-corrected chi connectivity index (χ1v) is 31.0. The van der Waals surface area contributed by atoms with E-state index in [0.717, 1.165) is 109 Å². The first-order valence-electron chi connectivity index (χ1n) is 31.0. The Kier molecular flexibility index (Phi) is 50.1. The van der Waals surface area contributed by atoms with Gasteiger partial charge in [-0.2, -0.15) is 0 Å². The van der Waals surface area contributed by atoms with Crippen LogP contribution in [0.2, 0.25) is 0 Å². The Labute approximate surface area is 480 Å². The minimum Gasteiger partial charge on any atom is -0.454 e. The van der Waals surface area contributed by atoms with Crippen molar-refractivity contribution in [2.45, 2.75) is 269 Å². The van der Waals surface area contributed by atoms with E-state index in [-0.39, 0.29) is 19.4 Å². The lowest BCUT2D eigenvalue weighted by Gasteiger charge is -2.41. The first-order chi connectivity index (χ1) is 38.7. The van der Waals surface area contributed by atoms with Gasteiger partial charge in [0.2, 0.25) is 5.91 Å². The van der Waals surface area contributed by atoms with E-state index in [2.05, 4.69) is 86.8 Å². The van der Waals surface area contributed by atoms with Gasteiger partial charge < -0.3 is 45.1 Å². The summed E-state index contributed by atoms with van der Waals surface area (Å²) in [5.74, 6) is -1.26. The molecule has 0 aromatic rings. The van der Waals surface area contributed by atoms with Crippen LogP contribution in [0.4, 0.5) is 0 Å². The number of amides is 1. The van der Waals surface area contributed by atoms with Crippen LogP contribution in [0.15, 0.2) is 134 Å². The van der Waals surface area contributed by atoms with Gasteiger partial charge in [0, 0.05) is 6.42 Å². The summed E-state index contributed by atoms with van der Waals surface area (Å²) in [7, 11) is 0. The second-order valence-corrected chi connectivity index (χ2v) is 20.9. The van der Waals surface area contributed by atoms with Gasteiger partial charge in [-0.15, -0.1) is 0 Å². The average molecular weight is 1100 g/mol. The van der Waals surface area contributed by atoms with Crippen molar-refractivity contribution in [2.75, 3.05) is 13.2 Å². The Morgan fingerprint density at radius 1 is 0.519 bits per heavy atom. The molecule has 0 aromatic heterocycles. The lowest BCUT2D eigenvalue weighted by atomic mass is 9.99. The average Bonchev–Trinajstić information content (AvgIpc) is 3.47. The Morgan fingerprint density at radius 2 is 0.962 bits per heavy atom. The van der Waals surface area contributed by atoms with E-state index in [1.54, 1.807) is 6.08 Å². The third-order valence-corrected chi connectivity index (χ3v) is 13.7. The molecule has 11 heteroatoms. The molecule has 1 aliphatic heterocycles. The predicted molar refractivity (Wildman–Crippen MR) is 328 cm³/mol. The molecule has 11 nitrogen and oxygen atoms in total. The summed E-state index contributed by atoms with van der Waals surface area (Å²) < 4.78 is 17.5. The second kappa shape index (κ2) is 54.4. The van der Waals surface area contributed by atoms with Crippen LogP contribution in [0.5, 0.6) is 0 Å². The summed E-state index contributed by atoms with van der Waals surface area (Å²) in [5, 5.41) is 56.9. The molecule has 0 aliphatic carbocycles. The molecule has 8 atom stereocenters. The number of hydrogen-bond donors (Lipinski definition) is 6. The van der Waals surface area contributed by atoms with Crippen molar-refractivity contribution in [3.05, 3.63) is 134 Å². The van der Waals surface area contributed by atoms with Gasteiger partial charge in [0.15, 0.2) is 12.4 Å². The molecule has 0 aromatic carbocycles. The fourth-order valence-corrected chi connectivity index (χ4v) is 8.78. The fraction of sp³-hybridized carbons (Fsp3) is 0.647. The number of rotatable bonds is 50. The number of allylic oxidation sites excluding steroid dienone is 21. The molecule has 0 spiro atoms. The number of carbonyl (C=O) groups excluding carboxylic acids is 2. The van der Waals surface area contributed by atoms with Gasteiger partial charge in [0.05, 0.1) is 25.4 Å². The minimum absolute atomic E-state index is 0.0628. The highest BCUT2D eigenvalue weighted by Crippen LogP contribution is 2.26. The highest BCUT2D eigenvalue weighted by molar-refractivity contribution is 5.80. The maximum atomic E-state index is 13.4. The summed E-state index contributed by atoms with van der Waals surface area (Å²) in [4.78, 5) is 26.5. The van der Waals surface area contributed by atoms with E-state index in [1.165, 1.54) is 64.2 Å². The number of carbonyl (C=O) groups is 2. The van der Waals surface area contributed by atoms with Crippen LogP contribution in [-0.2, 0) is 23.8 Å². The van der Waals surface area contributed by atoms with Crippen molar-refractivity contribution in [3.8, 4) is 0 Å². The van der Waals surface area contributed by atoms with Gasteiger partial charge in [0.1, 0.15) is 24.4 Å². The van der Waals surface area contributed by atoms with Crippen LogP contribution in [0, 0.1) is 0 Å². The maximum Gasteiger partial charge on any atom is 0.306 e. The van der Waals surface area contributed by atoms with Crippen LogP contribution in [-0.4, -0.2) is 99.6 Å². The standard InChI is InChI=1S/C68H111NO10/c1-4-7-10-13-16-19-22-24-26-28-29-30-31-32-34-35-37-40-43-46-49-52-55-61(72)67(76)69-59(60(71)54-51-48-45-42-39-21-18-15-12-9-6-3)58-77-68-66(65(75)64(74)62(57-70)78-68)79-63(73)56-53-50-47-44-41-38-36-33-27-25-23-20-17-14-11-8-5-2/h8,11,14,16-17,19-20,23-27,29-30,32-34,36,38,41,51,54,59-62,64-66,68,70-72,74-75H,4-7,9-10,12-13,15,18,21-22,28,31,35,37,39-40,42-50,52-53,55-58H2,1-3H3,(H,69,76)/b11-8-,17-14+,19-16-,23-20+,26-24-,27-25-,30-29-,34-32-,36-33+,41-38+,54-51+. The molecule has 1 amide bonds. The van der Waals surface area contributed by atoms with Gasteiger partial charge in [-0.3, -0.25) is 9.59 Å². The van der Waals surface area contributed by atoms with Crippen molar-refractivity contribution in [2.24, 2.45) is 0 Å². The normalized spacial score (nSPS) is 19.8. The molecule has 0 saturated carbocycles. The van der Waals surface area contributed by atoms with E-state index >= 15 is 0 Å². The molecule has 8 unspecified atom stereocenters. The number of ether oxygens (including phenoxy) is 3. The SMILES string of the molecule is CC\C=C/C=C/C=C/C=C\C=C\C=C\CCCCCC(=O)OC1C(OCC(NC(=O)C(O)CCCCCCCC/C=C\C/C=C\C/C=C\C/C=C\CCCCC)C(O)/C=C/CCCCCCCCCCC)OC(CO)C(O)C1O. The highest BCUT2D eigenvalue weighted by Gasteiger charge is 2.47. The third kappa shape index (κ3) is 42.3. The zero-order valence-electron chi connectivity index (χ0n) is 49.4. The number of nitrogens with one attached hydrogen (secondary N) is 1. The van der Waals surface area contributed by atoms with Gasteiger partial charge in [0.25, 0.3) is 0 Å². The van der Waals surface area contributed by atoms with E-state index < -0.39 is 67.4 Å². The van der Waals surface area contributed by atoms with E-state index in [1.807, 2.05) is 66.8 Å². The van der Waals surface area contributed by atoms with Gasteiger partial charge >= 0.3 is 5.97 Å². The number of hydrogen-bond acceptors (Lipinski definition) is 10. The summed E-state index contributed by atoms with van der Waals surface area (Å²) >= 11 is 0. The van der Waals surface area contributed by atoms with E-state index in [4.69, 9.17) is 14.2 Å². The molecule has 448 valence electrons. The Balaban J connectivity index is 2.70. The lowest BCUT2D eigenvalue weighted by Crippen LogP contribution is -2.61.